The number of nitrogens with one attached hydrogen (secondary N) is 1. The molecule has 0 spiro atoms. The van der Waals surface area contributed by atoms with Crippen molar-refractivity contribution in [1.82, 2.24) is 9.80 Å². The number of carbonyl (C=O) groups excluding carboxylic acids is 4. The molecule has 0 bridgehead atoms. The van der Waals surface area contributed by atoms with Gasteiger partial charge < -0.3 is 19.9 Å². The predicted molar refractivity (Wildman–Crippen MR) is 102 cm³/mol. The van der Waals surface area contributed by atoms with Crippen molar-refractivity contribution < 1.29 is 23.9 Å². The number of hydrogen-bond acceptors (Lipinski definition) is 6. The first-order chi connectivity index (χ1) is 13.4. The van der Waals surface area contributed by atoms with Gasteiger partial charge in [0, 0.05) is 24.4 Å². The van der Waals surface area contributed by atoms with Gasteiger partial charge in [0.1, 0.15) is 5.00 Å². The zero-order chi connectivity index (χ0) is 20.0. The third-order valence-electron chi connectivity index (χ3n) is 5.88. The lowest BCUT2D eigenvalue weighted by atomic mass is 9.99. The van der Waals surface area contributed by atoms with E-state index >= 15 is 0 Å². The molecule has 1 aliphatic carbocycles. The Labute approximate surface area is 166 Å². The van der Waals surface area contributed by atoms with E-state index in [0.717, 1.165) is 10.4 Å². The minimum absolute atomic E-state index is 0.0443. The Bertz CT molecular complexity index is 864. The molecule has 3 heterocycles. The van der Waals surface area contributed by atoms with Crippen LogP contribution in [0.3, 0.4) is 0 Å². The summed E-state index contributed by atoms with van der Waals surface area (Å²) in [4.78, 5) is 53.6. The van der Waals surface area contributed by atoms with Crippen LogP contribution in [0.5, 0.6) is 0 Å². The second-order valence-electron chi connectivity index (χ2n) is 7.66. The number of thiophene rings is 1. The van der Waals surface area contributed by atoms with E-state index in [0.29, 0.717) is 49.3 Å². The molecule has 28 heavy (non-hydrogen) atoms. The van der Waals surface area contributed by atoms with E-state index < -0.39 is 0 Å². The standard InChI is InChI=1S/C19H23N3O5S/c1-21-9-14(23)20-16-15(18(21)25)12-5-6-22(8-13(12)28-16)17(24)10-3-4-11(7-10)19(26)27-2/h10-11H,3-9H2,1-2H3,(H,20,23)/t10-,11+/m0/s1. The normalized spacial score (nSPS) is 24.4. The first-order valence-corrected chi connectivity index (χ1v) is 10.3. The van der Waals surface area contributed by atoms with Crippen molar-refractivity contribution in [3.8, 4) is 0 Å². The summed E-state index contributed by atoms with van der Waals surface area (Å²) in [5, 5.41) is 3.41. The summed E-state index contributed by atoms with van der Waals surface area (Å²) in [7, 11) is 3.00. The van der Waals surface area contributed by atoms with Gasteiger partial charge in [-0.3, -0.25) is 19.2 Å². The third kappa shape index (κ3) is 3.17. The summed E-state index contributed by atoms with van der Waals surface area (Å²) >= 11 is 1.39. The van der Waals surface area contributed by atoms with Crippen molar-refractivity contribution in [3.05, 3.63) is 16.0 Å². The molecule has 150 valence electrons. The summed E-state index contributed by atoms with van der Waals surface area (Å²) in [5.41, 5.74) is 1.52. The lowest BCUT2D eigenvalue weighted by Gasteiger charge is -2.29. The van der Waals surface area contributed by atoms with Crippen LogP contribution in [0, 0.1) is 11.8 Å². The first-order valence-electron chi connectivity index (χ1n) is 9.45. The van der Waals surface area contributed by atoms with Crippen molar-refractivity contribution in [3.63, 3.8) is 0 Å². The van der Waals surface area contributed by atoms with Crippen LogP contribution in [0.4, 0.5) is 5.00 Å². The molecule has 9 heteroatoms. The average molecular weight is 405 g/mol. The summed E-state index contributed by atoms with van der Waals surface area (Å²) in [6, 6.07) is 0. The third-order valence-corrected chi connectivity index (χ3v) is 7.01. The Balaban J connectivity index is 1.51. The molecule has 0 saturated heterocycles. The van der Waals surface area contributed by atoms with Gasteiger partial charge >= 0.3 is 5.97 Å². The fourth-order valence-corrected chi connectivity index (χ4v) is 5.67. The number of methoxy groups -OCH3 is 1. The number of esters is 1. The SMILES string of the molecule is COC(=O)[C@@H]1CC[C@H](C(=O)N2CCc3c(sc4c3C(=O)N(C)CC(=O)N4)C2)C1. The van der Waals surface area contributed by atoms with E-state index in [2.05, 4.69) is 5.32 Å². The van der Waals surface area contributed by atoms with Crippen molar-refractivity contribution in [1.29, 1.82) is 0 Å². The van der Waals surface area contributed by atoms with Gasteiger partial charge in [0.25, 0.3) is 5.91 Å². The number of carbonyl (C=O) groups is 4. The van der Waals surface area contributed by atoms with Gasteiger partial charge in [-0.25, -0.2) is 0 Å². The number of ether oxygens (including phenoxy) is 1. The average Bonchev–Trinajstić information content (AvgIpc) is 3.27. The summed E-state index contributed by atoms with van der Waals surface area (Å²) in [6.45, 7) is 1.03. The topological polar surface area (TPSA) is 96.0 Å². The Morgan fingerprint density at radius 2 is 1.93 bits per heavy atom. The number of anilines is 1. The van der Waals surface area contributed by atoms with E-state index in [1.807, 2.05) is 4.90 Å². The van der Waals surface area contributed by atoms with Crippen LogP contribution >= 0.6 is 11.3 Å². The quantitative estimate of drug-likeness (QED) is 0.747. The molecule has 1 N–H and O–H groups in total. The minimum atomic E-state index is -0.239. The lowest BCUT2D eigenvalue weighted by Crippen LogP contribution is -2.39. The molecule has 8 nitrogen and oxygen atoms in total. The van der Waals surface area contributed by atoms with E-state index in [9.17, 15) is 19.2 Å². The second kappa shape index (κ2) is 7.20. The molecule has 2 aliphatic heterocycles. The molecule has 3 amide bonds. The molecule has 1 aromatic heterocycles. The van der Waals surface area contributed by atoms with E-state index in [1.165, 1.54) is 23.3 Å². The van der Waals surface area contributed by atoms with Gasteiger partial charge in [-0.15, -0.1) is 11.3 Å². The molecule has 3 aliphatic rings. The maximum atomic E-state index is 13.0. The Kier molecular flexibility index (Phi) is 4.86. The van der Waals surface area contributed by atoms with Crippen LogP contribution in [-0.4, -0.2) is 60.7 Å². The van der Waals surface area contributed by atoms with Crippen LogP contribution in [0.15, 0.2) is 0 Å². The number of amides is 3. The summed E-state index contributed by atoms with van der Waals surface area (Å²) in [5.74, 6) is -0.885. The van der Waals surface area contributed by atoms with Crippen LogP contribution in [0.25, 0.3) is 0 Å². The summed E-state index contributed by atoms with van der Waals surface area (Å²) < 4.78 is 4.81. The Morgan fingerprint density at radius 1 is 1.18 bits per heavy atom. The summed E-state index contributed by atoms with van der Waals surface area (Å²) in [6.07, 6.45) is 2.51. The highest BCUT2D eigenvalue weighted by molar-refractivity contribution is 7.17. The highest BCUT2D eigenvalue weighted by atomic mass is 32.1. The molecular weight excluding hydrogens is 382 g/mol. The molecule has 1 fully saturated rings. The molecule has 1 aromatic rings. The zero-order valence-corrected chi connectivity index (χ0v) is 16.8. The molecule has 0 unspecified atom stereocenters. The monoisotopic (exact) mass is 405 g/mol. The van der Waals surface area contributed by atoms with E-state index in [4.69, 9.17) is 4.74 Å². The first kappa shape index (κ1) is 18.9. The smallest absolute Gasteiger partial charge is 0.308 e. The Morgan fingerprint density at radius 3 is 2.68 bits per heavy atom. The van der Waals surface area contributed by atoms with Crippen molar-refractivity contribution >= 4 is 40.0 Å². The van der Waals surface area contributed by atoms with E-state index in [-0.39, 0.29) is 42.1 Å². The fourth-order valence-electron chi connectivity index (χ4n) is 4.39. The zero-order valence-electron chi connectivity index (χ0n) is 15.9. The molecule has 0 radical (unpaired) electrons. The highest BCUT2D eigenvalue weighted by Gasteiger charge is 2.39. The highest BCUT2D eigenvalue weighted by Crippen LogP contribution is 2.40. The van der Waals surface area contributed by atoms with Gasteiger partial charge in [-0.1, -0.05) is 0 Å². The van der Waals surface area contributed by atoms with Gasteiger partial charge in [-0.2, -0.15) is 0 Å². The van der Waals surface area contributed by atoms with Crippen molar-refractivity contribution in [2.45, 2.75) is 32.2 Å². The number of fused-ring (bicyclic) bond motifs is 3. The molecule has 2 atom stereocenters. The molecular formula is C19H23N3O5S. The number of rotatable bonds is 2. The van der Waals surface area contributed by atoms with Gasteiger partial charge in [-0.05, 0) is 31.2 Å². The van der Waals surface area contributed by atoms with Crippen LogP contribution in [-0.2, 0) is 32.1 Å². The minimum Gasteiger partial charge on any atom is -0.469 e. The Hall–Kier alpha value is -2.42. The van der Waals surface area contributed by atoms with Crippen molar-refractivity contribution in [2.24, 2.45) is 11.8 Å². The van der Waals surface area contributed by atoms with Crippen LogP contribution in [0.2, 0.25) is 0 Å². The number of nitrogens with zero attached hydrogens (tertiary/aromatic N) is 2. The van der Waals surface area contributed by atoms with Crippen LogP contribution < -0.4 is 5.32 Å². The fraction of sp³-hybridized carbons (Fsp3) is 0.579. The van der Waals surface area contributed by atoms with E-state index in [1.54, 1.807) is 7.05 Å². The molecule has 4 rings (SSSR count). The predicted octanol–water partition coefficient (Wildman–Crippen LogP) is 1.25. The largest absolute Gasteiger partial charge is 0.469 e. The van der Waals surface area contributed by atoms with Crippen LogP contribution in [0.1, 0.15) is 40.1 Å². The second-order valence-corrected chi connectivity index (χ2v) is 8.76. The number of likely N-dealkylation sites (N-methyl/N-ethyl adjacent to an activating group) is 1. The number of hydrogen-bond donors (Lipinski definition) is 1. The molecule has 0 aromatic carbocycles. The van der Waals surface area contributed by atoms with Gasteiger partial charge in [0.05, 0.1) is 31.7 Å². The van der Waals surface area contributed by atoms with Gasteiger partial charge in [0.2, 0.25) is 11.8 Å². The molecule has 1 saturated carbocycles. The lowest BCUT2D eigenvalue weighted by molar-refractivity contribution is -0.145. The maximum Gasteiger partial charge on any atom is 0.308 e. The van der Waals surface area contributed by atoms with Crippen molar-refractivity contribution in [2.75, 3.05) is 32.6 Å². The maximum absolute atomic E-state index is 13.0. The van der Waals surface area contributed by atoms with Gasteiger partial charge in [0.15, 0.2) is 0 Å².